The van der Waals surface area contributed by atoms with E-state index in [1.165, 1.54) is 0 Å². The van der Waals surface area contributed by atoms with E-state index in [4.69, 9.17) is 0 Å². The Morgan fingerprint density at radius 1 is 1.18 bits per heavy atom. The summed E-state index contributed by atoms with van der Waals surface area (Å²) in [6.45, 7) is 9.73. The van der Waals surface area contributed by atoms with Crippen LogP contribution in [0.25, 0.3) is 0 Å². The number of alkyl halides is 1. The van der Waals surface area contributed by atoms with Gasteiger partial charge in [0.15, 0.2) is 0 Å². The molecule has 11 heavy (non-hydrogen) atoms. The number of amides is 1. The van der Waals surface area contributed by atoms with Crippen molar-refractivity contribution in [3.05, 3.63) is 0 Å². The maximum Gasteiger partial charge on any atom is 0.235 e. The van der Waals surface area contributed by atoms with Crippen LogP contribution in [0.1, 0.15) is 34.6 Å². The highest BCUT2D eigenvalue weighted by Gasteiger charge is 2.26. The van der Waals surface area contributed by atoms with Crippen molar-refractivity contribution < 1.29 is 4.79 Å². The second-order valence-corrected chi connectivity index (χ2v) is 6.87. The SMILES string of the molecule is CC(C)(C)NC(=O)C(C)(C)I. The molecule has 3 heteroatoms. The maximum absolute atomic E-state index is 11.4. The number of carbonyl (C=O) groups excluding carboxylic acids is 1. The standard InChI is InChI=1S/C8H16INO/c1-7(2,3)10-6(11)8(4,5)9/h1-5H3,(H,10,11). The van der Waals surface area contributed by atoms with E-state index in [-0.39, 0.29) is 14.9 Å². The summed E-state index contributed by atoms with van der Waals surface area (Å²) in [5, 5.41) is 2.91. The molecule has 1 N–H and O–H groups in total. The lowest BCUT2D eigenvalue weighted by molar-refractivity contribution is -0.123. The molecule has 0 aliphatic rings. The highest BCUT2D eigenvalue weighted by Crippen LogP contribution is 2.17. The molecule has 0 aliphatic heterocycles. The minimum Gasteiger partial charge on any atom is -0.350 e. The highest BCUT2D eigenvalue weighted by molar-refractivity contribution is 14.1. The van der Waals surface area contributed by atoms with Gasteiger partial charge in [-0.3, -0.25) is 4.79 Å². The van der Waals surface area contributed by atoms with Crippen LogP contribution in [0.3, 0.4) is 0 Å². The normalized spacial score (nSPS) is 12.9. The summed E-state index contributed by atoms with van der Waals surface area (Å²) < 4.78 is -0.314. The molecular formula is C8H16INO. The number of halogens is 1. The van der Waals surface area contributed by atoms with Crippen LogP contribution in [0, 0.1) is 0 Å². The van der Waals surface area contributed by atoms with Gasteiger partial charge in [-0.1, -0.05) is 22.6 Å². The van der Waals surface area contributed by atoms with Gasteiger partial charge in [0, 0.05) is 5.54 Å². The molecule has 0 bridgehead atoms. The molecule has 0 spiro atoms. The molecule has 0 unspecified atom stereocenters. The summed E-state index contributed by atoms with van der Waals surface area (Å²) >= 11 is 2.13. The Morgan fingerprint density at radius 2 is 1.55 bits per heavy atom. The van der Waals surface area contributed by atoms with Gasteiger partial charge >= 0.3 is 0 Å². The van der Waals surface area contributed by atoms with Crippen molar-refractivity contribution >= 4 is 28.5 Å². The lowest BCUT2D eigenvalue weighted by Crippen LogP contribution is -2.47. The molecule has 0 rings (SSSR count). The summed E-state index contributed by atoms with van der Waals surface area (Å²) in [6.07, 6.45) is 0. The third-order valence-electron chi connectivity index (χ3n) is 1.03. The number of nitrogens with one attached hydrogen (secondary N) is 1. The van der Waals surface area contributed by atoms with Crippen LogP contribution in [-0.4, -0.2) is 14.9 Å². The van der Waals surface area contributed by atoms with Crippen LogP contribution in [0.4, 0.5) is 0 Å². The van der Waals surface area contributed by atoms with Crippen molar-refractivity contribution in [2.24, 2.45) is 0 Å². The summed E-state index contributed by atoms with van der Waals surface area (Å²) in [4.78, 5) is 11.4. The van der Waals surface area contributed by atoms with E-state index in [0.717, 1.165) is 0 Å². The zero-order chi connectivity index (χ0) is 9.28. The van der Waals surface area contributed by atoms with Crippen LogP contribution < -0.4 is 5.32 Å². The molecule has 2 nitrogen and oxygen atoms in total. The second-order valence-electron chi connectivity index (χ2n) is 4.18. The fourth-order valence-electron chi connectivity index (χ4n) is 0.489. The summed E-state index contributed by atoms with van der Waals surface area (Å²) in [7, 11) is 0. The quantitative estimate of drug-likeness (QED) is 0.573. The van der Waals surface area contributed by atoms with E-state index in [1.54, 1.807) is 0 Å². The van der Waals surface area contributed by atoms with E-state index in [0.29, 0.717) is 0 Å². The molecule has 0 aromatic rings. The van der Waals surface area contributed by atoms with E-state index in [9.17, 15) is 4.79 Å². The fraction of sp³-hybridized carbons (Fsp3) is 0.875. The third-order valence-corrected chi connectivity index (χ3v) is 1.52. The third kappa shape index (κ3) is 5.47. The Hall–Kier alpha value is 0.200. The van der Waals surface area contributed by atoms with Gasteiger partial charge in [-0.15, -0.1) is 0 Å². The number of hydrogen-bond donors (Lipinski definition) is 1. The van der Waals surface area contributed by atoms with E-state index in [1.807, 2.05) is 34.6 Å². The van der Waals surface area contributed by atoms with Gasteiger partial charge in [-0.2, -0.15) is 0 Å². The summed E-state index contributed by atoms with van der Waals surface area (Å²) in [5.74, 6) is 0.0885. The Balaban J connectivity index is 4.11. The van der Waals surface area contributed by atoms with Gasteiger partial charge < -0.3 is 5.32 Å². The van der Waals surface area contributed by atoms with Crippen molar-refractivity contribution in [3.63, 3.8) is 0 Å². The lowest BCUT2D eigenvalue weighted by Gasteiger charge is -2.25. The van der Waals surface area contributed by atoms with Crippen molar-refractivity contribution in [2.75, 3.05) is 0 Å². The molecule has 0 radical (unpaired) electrons. The molecule has 0 aliphatic carbocycles. The number of rotatable bonds is 1. The predicted molar refractivity (Wildman–Crippen MR) is 56.0 cm³/mol. The fourth-order valence-corrected chi connectivity index (χ4v) is 0.624. The highest BCUT2D eigenvalue weighted by atomic mass is 127. The maximum atomic E-state index is 11.4. The minimum atomic E-state index is -0.314. The van der Waals surface area contributed by atoms with Crippen molar-refractivity contribution in [1.29, 1.82) is 0 Å². The molecule has 0 aromatic carbocycles. The van der Waals surface area contributed by atoms with Crippen molar-refractivity contribution in [2.45, 2.75) is 43.6 Å². The zero-order valence-electron chi connectivity index (χ0n) is 7.79. The van der Waals surface area contributed by atoms with E-state index >= 15 is 0 Å². The molecule has 66 valence electrons. The van der Waals surface area contributed by atoms with Crippen LogP contribution in [0.2, 0.25) is 0 Å². The van der Waals surface area contributed by atoms with Crippen LogP contribution in [0.15, 0.2) is 0 Å². The summed E-state index contributed by atoms with van der Waals surface area (Å²) in [5.41, 5.74) is -0.125. The summed E-state index contributed by atoms with van der Waals surface area (Å²) in [6, 6.07) is 0. The average molecular weight is 269 g/mol. The van der Waals surface area contributed by atoms with Crippen LogP contribution in [0.5, 0.6) is 0 Å². The molecule has 0 saturated heterocycles. The average Bonchev–Trinajstić information content (AvgIpc) is 1.56. The van der Waals surface area contributed by atoms with Crippen molar-refractivity contribution in [1.82, 2.24) is 5.32 Å². The first-order valence-electron chi connectivity index (χ1n) is 3.64. The van der Waals surface area contributed by atoms with Gasteiger partial charge in [-0.05, 0) is 34.6 Å². The van der Waals surface area contributed by atoms with E-state index in [2.05, 4.69) is 27.9 Å². The first-order valence-corrected chi connectivity index (χ1v) is 4.72. The predicted octanol–water partition coefficient (Wildman–Crippen LogP) is 2.11. The Kier molecular flexibility index (Phi) is 3.35. The monoisotopic (exact) mass is 269 g/mol. The van der Waals surface area contributed by atoms with Gasteiger partial charge in [-0.25, -0.2) is 0 Å². The van der Waals surface area contributed by atoms with Crippen molar-refractivity contribution in [3.8, 4) is 0 Å². The molecule has 0 saturated carbocycles. The Morgan fingerprint density at radius 3 is 1.64 bits per heavy atom. The van der Waals surface area contributed by atoms with Gasteiger partial charge in [0.25, 0.3) is 0 Å². The molecule has 0 heterocycles. The Labute approximate surface area is 82.3 Å². The van der Waals surface area contributed by atoms with Gasteiger partial charge in [0.05, 0.1) is 3.42 Å². The molecular weight excluding hydrogens is 253 g/mol. The topological polar surface area (TPSA) is 29.1 Å². The lowest BCUT2D eigenvalue weighted by atomic mass is 10.1. The van der Waals surface area contributed by atoms with Crippen LogP contribution >= 0.6 is 22.6 Å². The van der Waals surface area contributed by atoms with Crippen LogP contribution in [-0.2, 0) is 4.79 Å². The molecule has 0 fully saturated rings. The molecule has 1 amide bonds. The minimum absolute atomic E-state index is 0.0885. The zero-order valence-corrected chi connectivity index (χ0v) is 9.94. The molecule has 0 aromatic heterocycles. The number of hydrogen-bond acceptors (Lipinski definition) is 1. The van der Waals surface area contributed by atoms with Gasteiger partial charge in [0.2, 0.25) is 5.91 Å². The molecule has 0 atom stereocenters. The van der Waals surface area contributed by atoms with Gasteiger partial charge in [0.1, 0.15) is 0 Å². The second kappa shape index (κ2) is 3.29. The largest absolute Gasteiger partial charge is 0.350 e. The van der Waals surface area contributed by atoms with E-state index < -0.39 is 0 Å². The first-order chi connectivity index (χ1) is 4.63. The first kappa shape index (κ1) is 11.2. The smallest absolute Gasteiger partial charge is 0.235 e. The number of carbonyl (C=O) groups is 1. The Bertz CT molecular complexity index is 152.